The molecular weight excluding hydrogens is 354 g/mol. The van der Waals surface area contributed by atoms with Crippen molar-refractivity contribution in [2.75, 3.05) is 6.54 Å². The molecule has 0 saturated carbocycles. The average molecular weight is 377 g/mol. The predicted octanol–water partition coefficient (Wildman–Crippen LogP) is 3.54. The Morgan fingerprint density at radius 3 is 2.36 bits per heavy atom. The van der Waals surface area contributed by atoms with Crippen LogP contribution < -0.4 is 5.32 Å². The van der Waals surface area contributed by atoms with Gasteiger partial charge in [-0.05, 0) is 24.5 Å². The van der Waals surface area contributed by atoms with Crippen molar-refractivity contribution in [1.29, 1.82) is 0 Å². The van der Waals surface area contributed by atoms with Crippen molar-refractivity contribution in [1.82, 2.24) is 15.5 Å². The van der Waals surface area contributed by atoms with Crippen LogP contribution in [0.2, 0.25) is 0 Å². The number of carbonyl (C=O) groups excluding carboxylic acids is 2. The number of carbonyl (C=O) groups is 2. The first-order valence-electron chi connectivity index (χ1n) is 9.19. The Kier molecular flexibility index (Phi) is 6.22. The summed E-state index contributed by atoms with van der Waals surface area (Å²) >= 11 is 0. The number of amides is 1. The number of benzene rings is 2. The molecule has 3 aromatic rings. The second kappa shape index (κ2) is 8.99. The smallest absolute Gasteiger partial charge is 0.357 e. The molecule has 2 N–H and O–H groups in total. The molecule has 1 aromatic heterocycles. The van der Waals surface area contributed by atoms with Gasteiger partial charge in [0.2, 0.25) is 0 Å². The van der Waals surface area contributed by atoms with E-state index in [4.69, 9.17) is 4.74 Å². The molecule has 6 nitrogen and oxygen atoms in total. The summed E-state index contributed by atoms with van der Waals surface area (Å²) < 4.78 is 5.26. The van der Waals surface area contributed by atoms with Crippen LogP contribution in [-0.2, 0) is 9.53 Å². The van der Waals surface area contributed by atoms with Gasteiger partial charge in [0.05, 0.1) is 5.69 Å². The third-order valence-corrected chi connectivity index (χ3v) is 4.47. The van der Waals surface area contributed by atoms with Gasteiger partial charge in [0, 0.05) is 12.1 Å². The quantitative estimate of drug-likeness (QED) is 0.617. The van der Waals surface area contributed by atoms with Crippen LogP contribution in [0.5, 0.6) is 0 Å². The number of rotatable bonds is 7. The molecule has 0 aliphatic rings. The summed E-state index contributed by atoms with van der Waals surface area (Å²) in [5.41, 5.74) is 2.87. The third kappa shape index (κ3) is 4.85. The van der Waals surface area contributed by atoms with Gasteiger partial charge in [0.15, 0.2) is 6.10 Å². The van der Waals surface area contributed by atoms with E-state index in [9.17, 15) is 9.59 Å². The molecule has 0 aliphatic carbocycles. The van der Waals surface area contributed by atoms with Crippen molar-refractivity contribution in [2.24, 2.45) is 0 Å². The lowest BCUT2D eigenvalue weighted by atomic mass is 10.0. The predicted molar refractivity (Wildman–Crippen MR) is 107 cm³/mol. The van der Waals surface area contributed by atoms with Crippen molar-refractivity contribution in [3.8, 4) is 11.3 Å². The van der Waals surface area contributed by atoms with Gasteiger partial charge in [-0.15, -0.1) is 0 Å². The van der Waals surface area contributed by atoms with Gasteiger partial charge < -0.3 is 10.1 Å². The minimum Gasteiger partial charge on any atom is -0.448 e. The highest BCUT2D eigenvalue weighted by molar-refractivity contribution is 5.91. The Morgan fingerprint density at radius 1 is 1.04 bits per heavy atom. The number of nitrogens with one attached hydrogen (secondary N) is 2. The maximum Gasteiger partial charge on any atom is 0.357 e. The Labute approximate surface area is 163 Å². The molecule has 0 unspecified atom stereocenters. The lowest BCUT2D eigenvalue weighted by Crippen LogP contribution is -2.37. The van der Waals surface area contributed by atoms with Crippen LogP contribution in [0, 0.1) is 0 Å². The molecule has 6 heteroatoms. The Hall–Kier alpha value is -3.41. The van der Waals surface area contributed by atoms with Crippen molar-refractivity contribution < 1.29 is 14.3 Å². The molecule has 0 radical (unpaired) electrons. The number of aromatic amines is 1. The highest BCUT2D eigenvalue weighted by Gasteiger charge is 2.21. The van der Waals surface area contributed by atoms with E-state index in [0.717, 1.165) is 11.1 Å². The molecule has 144 valence electrons. The fourth-order valence-electron chi connectivity index (χ4n) is 2.76. The highest BCUT2D eigenvalue weighted by Crippen LogP contribution is 2.17. The van der Waals surface area contributed by atoms with E-state index in [1.165, 1.54) is 0 Å². The zero-order chi connectivity index (χ0) is 19.9. The molecule has 2 atom stereocenters. The Morgan fingerprint density at radius 2 is 1.68 bits per heavy atom. The van der Waals surface area contributed by atoms with Crippen LogP contribution >= 0.6 is 0 Å². The van der Waals surface area contributed by atoms with Crippen LogP contribution in [0.3, 0.4) is 0 Å². The first-order chi connectivity index (χ1) is 13.5. The third-order valence-electron chi connectivity index (χ3n) is 4.47. The molecule has 0 aliphatic heterocycles. The average Bonchev–Trinajstić information content (AvgIpc) is 3.23. The van der Waals surface area contributed by atoms with E-state index in [1.54, 1.807) is 13.0 Å². The number of hydrogen-bond donors (Lipinski definition) is 2. The molecule has 0 fully saturated rings. The van der Waals surface area contributed by atoms with Crippen molar-refractivity contribution in [3.63, 3.8) is 0 Å². The van der Waals surface area contributed by atoms with Crippen molar-refractivity contribution in [2.45, 2.75) is 25.9 Å². The first kappa shape index (κ1) is 19.4. The fraction of sp³-hybridized carbons (Fsp3) is 0.227. The monoisotopic (exact) mass is 377 g/mol. The van der Waals surface area contributed by atoms with Gasteiger partial charge in [-0.2, -0.15) is 5.10 Å². The SMILES string of the molecule is C[C@H](CNC(=O)[C@@H](C)OC(=O)c1cc(-c2ccccc2)n[nH]1)c1ccccc1. The van der Waals surface area contributed by atoms with Crippen LogP contribution in [0.4, 0.5) is 0 Å². The maximum atomic E-state index is 12.3. The van der Waals surface area contributed by atoms with E-state index in [0.29, 0.717) is 12.2 Å². The fourth-order valence-corrected chi connectivity index (χ4v) is 2.76. The van der Waals surface area contributed by atoms with Gasteiger partial charge in [-0.1, -0.05) is 67.6 Å². The van der Waals surface area contributed by atoms with E-state index < -0.39 is 12.1 Å². The number of hydrogen-bond acceptors (Lipinski definition) is 4. The summed E-state index contributed by atoms with van der Waals surface area (Å²) in [6.45, 7) is 4.05. The van der Waals surface area contributed by atoms with E-state index in [-0.39, 0.29) is 17.5 Å². The van der Waals surface area contributed by atoms with E-state index >= 15 is 0 Å². The second-order valence-electron chi connectivity index (χ2n) is 6.64. The molecule has 28 heavy (non-hydrogen) atoms. The largest absolute Gasteiger partial charge is 0.448 e. The molecular formula is C22H23N3O3. The summed E-state index contributed by atoms with van der Waals surface area (Å²) in [6.07, 6.45) is -0.904. The minimum atomic E-state index is -0.904. The number of H-pyrrole nitrogens is 1. The topological polar surface area (TPSA) is 84.1 Å². The summed E-state index contributed by atoms with van der Waals surface area (Å²) in [5, 5.41) is 9.62. The first-order valence-corrected chi connectivity index (χ1v) is 9.19. The summed E-state index contributed by atoms with van der Waals surface area (Å²) in [5.74, 6) is -0.790. The van der Waals surface area contributed by atoms with Crippen LogP contribution in [0.1, 0.15) is 35.8 Å². The zero-order valence-corrected chi connectivity index (χ0v) is 15.9. The van der Waals surface area contributed by atoms with Crippen molar-refractivity contribution in [3.05, 3.63) is 78.0 Å². The zero-order valence-electron chi connectivity index (χ0n) is 15.9. The molecule has 3 rings (SSSR count). The molecule has 0 spiro atoms. The molecule has 0 saturated heterocycles. The number of ether oxygens (including phenoxy) is 1. The van der Waals surface area contributed by atoms with E-state index in [2.05, 4.69) is 15.5 Å². The number of aromatic nitrogens is 2. The maximum absolute atomic E-state index is 12.3. The normalized spacial score (nSPS) is 12.8. The Bertz CT molecular complexity index is 922. The second-order valence-corrected chi connectivity index (χ2v) is 6.64. The van der Waals surface area contributed by atoms with Gasteiger partial charge in [0.25, 0.3) is 5.91 Å². The molecule has 2 aromatic carbocycles. The number of nitrogens with zero attached hydrogens (tertiary/aromatic N) is 1. The molecule has 1 heterocycles. The lowest BCUT2D eigenvalue weighted by molar-refractivity contribution is -0.129. The minimum absolute atomic E-state index is 0.161. The standard InChI is InChI=1S/C22H23N3O3/c1-15(17-9-5-3-6-10-17)14-23-21(26)16(2)28-22(27)20-13-19(24-25-20)18-11-7-4-8-12-18/h3-13,15-16H,14H2,1-2H3,(H,23,26)(H,24,25)/t15-,16-/m1/s1. The lowest BCUT2D eigenvalue weighted by Gasteiger charge is -2.16. The van der Waals surface area contributed by atoms with Gasteiger partial charge in [-0.25, -0.2) is 4.79 Å². The van der Waals surface area contributed by atoms with Crippen LogP contribution in [0.25, 0.3) is 11.3 Å². The summed E-state index contributed by atoms with van der Waals surface area (Å²) in [7, 11) is 0. The van der Waals surface area contributed by atoms with Crippen LogP contribution in [0.15, 0.2) is 66.7 Å². The molecule has 0 bridgehead atoms. The van der Waals surface area contributed by atoms with Gasteiger partial charge in [0.1, 0.15) is 5.69 Å². The highest BCUT2D eigenvalue weighted by atomic mass is 16.5. The van der Waals surface area contributed by atoms with E-state index in [1.807, 2.05) is 67.6 Å². The van der Waals surface area contributed by atoms with Crippen molar-refractivity contribution >= 4 is 11.9 Å². The summed E-state index contributed by atoms with van der Waals surface area (Å²) in [6, 6.07) is 21.0. The van der Waals surface area contributed by atoms with Gasteiger partial charge in [-0.3, -0.25) is 9.89 Å². The molecule has 1 amide bonds. The number of esters is 1. The van der Waals surface area contributed by atoms with Gasteiger partial charge >= 0.3 is 5.97 Å². The Balaban J connectivity index is 1.52. The van der Waals surface area contributed by atoms with Crippen LogP contribution in [-0.4, -0.2) is 34.7 Å². The summed E-state index contributed by atoms with van der Waals surface area (Å²) in [4.78, 5) is 24.5.